The van der Waals surface area contributed by atoms with Gasteiger partial charge in [0.05, 0.1) is 17.8 Å². The van der Waals surface area contributed by atoms with Crippen molar-refractivity contribution in [2.45, 2.75) is 45.6 Å². The first-order valence-electron chi connectivity index (χ1n) is 8.80. The zero-order valence-electron chi connectivity index (χ0n) is 16.3. The molecule has 0 aliphatic carbocycles. The molecule has 0 atom stereocenters. The molecule has 0 radical (unpaired) electrons. The van der Waals surface area contributed by atoms with Gasteiger partial charge in [-0.1, -0.05) is 19.9 Å². The van der Waals surface area contributed by atoms with Crippen molar-refractivity contribution in [2.75, 3.05) is 17.7 Å². The van der Waals surface area contributed by atoms with E-state index < -0.39 is 5.54 Å². The zero-order chi connectivity index (χ0) is 20.0. The number of rotatable bonds is 4. The zero-order valence-corrected chi connectivity index (χ0v) is 16.3. The number of carbonyl (C=O) groups is 1. The molecule has 1 aromatic heterocycles. The number of nitrogen functional groups attached to an aromatic ring is 1. The van der Waals surface area contributed by atoms with E-state index in [2.05, 4.69) is 24.1 Å². The number of amides is 1. The summed E-state index contributed by atoms with van der Waals surface area (Å²) in [6.07, 6.45) is 0. The van der Waals surface area contributed by atoms with Gasteiger partial charge in [-0.05, 0) is 38.5 Å². The molecule has 0 fully saturated rings. The molecule has 7 nitrogen and oxygen atoms in total. The highest BCUT2D eigenvalue weighted by Gasteiger charge is 2.36. The Hall–Kier alpha value is -2.80. The number of fused-ring (bicyclic) bond motifs is 1. The van der Waals surface area contributed by atoms with E-state index in [9.17, 15) is 4.79 Å². The van der Waals surface area contributed by atoms with Gasteiger partial charge in [0, 0.05) is 17.0 Å². The summed E-state index contributed by atoms with van der Waals surface area (Å²) in [4.78, 5) is 16.3. The molecule has 1 aromatic carbocycles. The molecule has 0 saturated carbocycles. The lowest BCUT2D eigenvalue weighted by Crippen LogP contribution is -2.45. The quantitative estimate of drug-likeness (QED) is 0.762. The first-order chi connectivity index (χ1) is 12.5. The molecule has 7 heteroatoms. The number of pyridine rings is 1. The van der Waals surface area contributed by atoms with E-state index in [1.807, 2.05) is 19.1 Å². The van der Waals surface area contributed by atoms with Crippen LogP contribution in [0.15, 0.2) is 24.3 Å². The van der Waals surface area contributed by atoms with Gasteiger partial charge < -0.3 is 26.3 Å². The summed E-state index contributed by atoms with van der Waals surface area (Å²) in [7, 11) is 0. The molecule has 1 amide bonds. The van der Waals surface area contributed by atoms with Gasteiger partial charge in [-0.15, -0.1) is 0 Å². The molecule has 0 spiro atoms. The summed E-state index contributed by atoms with van der Waals surface area (Å²) in [5.74, 6) is 1.69. The van der Waals surface area contributed by atoms with Crippen LogP contribution in [-0.4, -0.2) is 23.0 Å². The molecule has 1 aliphatic heterocycles. The van der Waals surface area contributed by atoms with Crippen LogP contribution >= 0.6 is 0 Å². The highest BCUT2D eigenvalue weighted by atomic mass is 16.5. The van der Waals surface area contributed by atoms with Crippen molar-refractivity contribution < 1.29 is 14.3 Å². The summed E-state index contributed by atoms with van der Waals surface area (Å²) >= 11 is 0. The van der Waals surface area contributed by atoms with Gasteiger partial charge >= 0.3 is 0 Å². The Balaban J connectivity index is 1.87. The Bertz CT molecular complexity index is 901. The van der Waals surface area contributed by atoms with E-state index in [4.69, 9.17) is 20.9 Å². The molecular formula is C20H26N4O3. The standard InChI is InChI=1S/C20H26N4O3/c1-11-6-8-13(15-16(11)26-10-19(15,2)3)27-14-9-7-12(17(21)24-14)23-18(25)20(4,5)22/h6-9H,10,22H2,1-5H3,(H2,21,24)(H,23,25). The third-order valence-corrected chi connectivity index (χ3v) is 4.52. The summed E-state index contributed by atoms with van der Waals surface area (Å²) in [6, 6.07) is 7.17. The van der Waals surface area contributed by atoms with Crippen LogP contribution in [0.25, 0.3) is 0 Å². The maximum Gasteiger partial charge on any atom is 0.243 e. The van der Waals surface area contributed by atoms with Gasteiger partial charge in [-0.2, -0.15) is 4.98 Å². The lowest BCUT2D eigenvalue weighted by molar-refractivity contribution is -0.120. The molecule has 0 bridgehead atoms. The summed E-state index contributed by atoms with van der Waals surface area (Å²) in [5.41, 5.74) is 13.1. The van der Waals surface area contributed by atoms with Crippen LogP contribution in [0, 0.1) is 6.92 Å². The monoisotopic (exact) mass is 370 g/mol. The molecule has 0 saturated heterocycles. The SMILES string of the molecule is Cc1ccc(Oc2ccc(NC(=O)C(C)(C)N)c(N)n2)c2c1OCC2(C)C. The van der Waals surface area contributed by atoms with E-state index in [-0.39, 0.29) is 17.1 Å². The number of aromatic nitrogens is 1. The van der Waals surface area contributed by atoms with Crippen molar-refractivity contribution in [3.8, 4) is 17.4 Å². The fourth-order valence-electron chi connectivity index (χ4n) is 2.92. The Morgan fingerprint density at radius 3 is 2.63 bits per heavy atom. The molecule has 5 N–H and O–H groups in total. The number of nitrogens with two attached hydrogens (primary N) is 2. The van der Waals surface area contributed by atoms with E-state index >= 15 is 0 Å². The molecular weight excluding hydrogens is 344 g/mol. The van der Waals surface area contributed by atoms with Gasteiger partial charge in [0.15, 0.2) is 5.82 Å². The Kier molecular flexibility index (Phi) is 4.51. The number of ether oxygens (including phenoxy) is 2. The Morgan fingerprint density at radius 2 is 2.00 bits per heavy atom. The predicted octanol–water partition coefficient (Wildman–Crippen LogP) is 3.11. The Morgan fingerprint density at radius 1 is 1.30 bits per heavy atom. The topological polar surface area (TPSA) is 112 Å². The van der Waals surface area contributed by atoms with Crippen LogP contribution < -0.4 is 26.3 Å². The van der Waals surface area contributed by atoms with Crippen molar-refractivity contribution in [2.24, 2.45) is 5.73 Å². The van der Waals surface area contributed by atoms with Crippen molar-refractivity contribution in [3.05, 3.63) is 35.4 Å². The van der Waals surface area contributed by atoms with Gasteiger partial charge in [-0.3, -0.25) is 4.79 Å². The van der Waals surface area contributed by atoms with Crippen LogP contribution in [0.5, 0.6) is 17.4 Å². The molecule has 27 heavy (non-hydrogen) atoms. The minimum Gasteiger partial charge on any atom is -0.492 e. The number of carbonyl (C=O) groups excluding carboxylic acids is 1. The molecule has 3 rings (SSSR count). The van der Waals surface area contributed by atoms with Gasteiger partial charge in [-0.25, -0.2) is 0 Å². The van der Waals surface area contributed by atoms with Crippen LogP contribution in [0.3, 0.4) is 0 Å². The van der Waals surface area contributed by atoms with E-state index in [1.165, 1.54) is 0 Å². The highest BCUT2D eigenvalue weighted by molar-refractivity contribution is 5.99. The molecule has 144 valence electrons. The van der Waals surface area contributed by atoms with E-state index in [0.29, 0.717) is 23.9 Å². The Labute approximate surface area is 159 Å². The summed E-state index contributed by atoms with van der Waals surface area (Å²) in [5, 5.41) is 2.68. The number of anilines is 2. The minimum absolute atomic E-state index is 0.157. The fraction of sp³-hybridized carbons (Fsp3) is 0.400. The number of nitrogens with zero attached hydrogens (tertiary/aromatic N) is 1. The second-order valence-corrected chi connectivity index (χ2v) is 8.12. The van der Waals surface area contributed by atoms with E-state index in [1.54, 1.807) is 26.0 Å². The summed E-state index contributed by atoms with van der Waals surface area (Å²) < 4.78 is 11.9. The van der Waals surface area contributed by atoms with Gasteiger partial charge in [0.25, 0.3) is 0 Å². The average Bonchev–Trinajstić information content (AvgIpc) is 2.88. The maximum atomic E-state index is 12.0. The number of benzene rings is 1. The third kappa shape index (κ3) is 3.68. The van der Waals surface area contributed by atoms with Crippen molar-refractivity contribution >= 4 is 17.4 Å². The molecule has 1 aliphatic rings. The fourth-order valence-corrected chi connectivity index (χ4v) is 2.92. The third-order valence-electron chi connectivity index (χ3n) is 4.52. The van der Waals surface area contributed by atoms with Crippen molar-refractivity contribution in [3.63, 3.8) is 0 Å². The van der Waals surface area contributed by atoms with Crippen molar-refractivity contribution in [1.29, 1.82) is 0 Å². The lowest BCUT2D eigenvalue weighted by Gasteiger charge is -2.20. The summed E-state index contributed by atoms with van der Waals surface area (Å²) in [6.45, 7) is 10.1. The van der Waals surface area contributed by atoms with Crippen molar-refractivity contribution in [1.82, 2.24) is 4.98 Å². The van der Waals surface area contributed by atoms with Gasteiger partial charge in [0.2, 0.25) is 11.8 Å². The van der Waals surface area contributed by atoms with Gasteiger partial charge in [0.1, 0.15) is 11.5 Å². The van der Waals surface area contributed by atoms with Crippen LogP contribution in [0.4, 0.5) is 11.5 Å². The van der Waals surface area contributed by atoms with Crippen LogP contribution in [-0.2, 0) is 10.2 Å². The molecule has 2 heterocycles. The first-order valence-corrected chi connectivity index (χ1v) is 8.80. The maximum absolute atomic E-state index is 12.0. The van der Waals surface area contributed by atoms with Crippen LogP contribution in [0.2, 0.25) is 0 Å². The molecule has 2 aromatic rings. The largest absolute Gasteiger partial charge is 0.492 e. The lowest BCUT2D eigenvalue weighted by atomic mass is 9.85. The smallest absolute Gasteiger partial charge is 0.243 e. The number of aryl methyl sites for hydroxylation is 1. The second kappa shape index (κ2) is 6.42. The number of nitrogens with one attached hydrogen (secondary N) is 1. The predicted molar refractivity (Wildman–Crippen MR) is 105 cm³/mol. The van der Waals surface area contributed by atoms with E-state index in [0.717, 1.165) is 16.9 Å². The average molecular weight is 370 g/mol. The second-order valence-electron chi connectivity index (χ2n) is 8.12. The normalized spacial score (nSPS) is 15.0. The number of hydrogen-bond donors (Lipinski definition) is 3. The minimum atomic E-state index is -1.02. The number of hydrogen-bond acceptors (Lipinski definition) is 6. The molecule has 0 unspecified atom stereocenters. The first kappa shape index (κ1) is 19.0. The van der Waals surface area contributed by atoms with Crippen LogP contribution in [0.1, 0.15) is 38.8 Å². The highest BCUT2D eigenvalue weighted by Crippen LogP contribution is 2.47.